The van der Waals surface area contributed by atoms with Crippen LogP contribution in [0.4, 0.5) is 5.69 Å². The molecule has 0 unspecified atom stereocenters. The van der Waals surface area contributed by atoms with Gasteiger partial charge in [0.1, 0.15) is 0 Å². The van der Waals surface area contributed by atoms with Gasteiger partial charge in [0.2, 0.25) is 15.9 Å². The lowest BCUT2D eigenvalue weighted by Crippen LogP contribution is -2.33. The summed E-state index contributed by atoms with van der Waals surface area (Å²) in [6.45, 7) is -0.234. The van der Waals surface area contributed by atoms with E-state index in [9.17, 15) is 18.0 Å². The lowest BCUT2D eigenvalue weighted by molar-refractivity contribution is -0.115. The molecule has 0 fully saturated rings. The van der Waals surface area contributed by atoms with Crippen molar-refractivity contribution in [1.82, 2.24) is 9.62 Å². The van der Waals surface area contributed by atoms with Crippen LogP contribution in [0.1, 0.15) is 27.9 Å². The second-order valence-corrected chi connectivity index (χ2v) is 10.2. The summed E-state index contributed by atoms with van der Waals surface area (Å²) in [6, 6.07) is 23.7. The second kappa shape index (κ2) is 11.6. The molecule has 3 aromatic rings. The molecule has 0 radical (unpaired) electrons. The first-order valence-electron chi connectivity index (χ1n) is 11.0. The third-order valence-electron chi connectivity index (χ3n) is 5.27. The molecular formula is C26H29N3O4S. The van der Waals surface area contributed by atoms with E-state index >= 15 is 0 Å². The smallest absolute Gasteiger partial charge is 0.251 e. The Morgan fingerprint density at radius 1 is 0.824 bits per heavy atom. The number of hydrogen-bond acceptors (Lipinski definition) is 4. The number of rotatable bonds is 10. The molecule has 0 atom stereocenters. The van der Waals surface area contributed by atoms with E-state index in [-0.39, 0.29) is 22.9 Å². The van der Waals surface area contributed by atoms with E-state index in [2.05, 4.69) is 22.8 Å². The number of carbonyl (C=O) groups is 2. The molecule has 3 rings (SSSR count). The molecule has 0 saturated heterocycles. The van der Waals surface area contributed by atoms with Gasteiger partial charge in [-0.2, -0.15) is 0 Å². The summed E-state index contributed by atoms with van der Waals surface area (Å²) in [5.74, 6) is -0.896. The first-order chi connectivity index (χ1) is 16.3. The van der Waals surface area contributed by atoms with Crippen molar-refractivity contribution in [1.29, 1.82) is 0 Å². The molecule has 0 aliphatic rings. The first-order valence-corrected chi connectivity index (χ1v) is 12.4. The topological polar surface area (TPSA) is 95.6 Å². The van der Waals surface area contributed by atoms with E-state index in [1.54, 1.807) is 6.07 Å². The third-order valence-corrected chi connectivity index (χ3v) is 7.08. The number of hydrogen-bond donors (Lipinski definition) is 2. The van der Waals surface area contributed by atoms with Gasteiger partial charge >= 0.3 is 0 Å². The lowest BCUT2D eigenvalue weighted by atomic mass is 10.0. The highest BCUT2D eigenvalue weighted by Crippen LogP contribution is 2.16. The highest BCUT2D eigenvalue weighted by atomic mass is 32.2. The third kappa shape index (κ3) is 7.00. The van der Waals surface area contributed by atoms with Crippen molar-refractivity contribution >= 4 is 27.5 Å². The average molecular weight is 480 g/mol. The highest BCUT2D eigenvalue weighted by Gasteiger charge is 2.19. The number of carbonyl (C=O) groups excluding carboxylic acids is 2. The van der Waals surface area contributed by atoms with Crippen LogP contribution in [0.25, 0.3) is 0 Å². The zero-order valence-corrected chi connectivity index (χ0v) is 20.1. The summed E-state index contributed by atoms with van der Waals surface area (Å²) in [4.78, 5) is 24.8. The van der Waals surface area contributed by atoms with Crippen LogP contribution in [0, 0.1) is 0 Å². The predicted octanol–water partition coefficient (Wildman–Crippen LogP) is 3.48. The van der Waals surface area contributed by atoms with Gasteiger partial charge in [0.25, 0.3) is 5.91 Å². The molecule has 2 N–H and O–H groups in total. The molecular weight excluding hydrogens is 450 g/mol. The van der Waals surface area contributed by atoms with Crippen LogP contribution in [-0.2, 0) is 27.7 Å². The molecule has 3 aromatic carbocycles. The molecule has 178 valence electrons. The Bertz CT molecular complexity index is 1240. The van der Waals surface area contributed by atoms with Crippen LogP contribution in [0.15, 0.2) is 83.8 Å². The van der Waals surface area contributed by atoms with Crippen molar-refractivity contribution in [2.75, 3.05) is 26.0 Å². The number of sulfonamides is 1. The monoisotopic (exact) mass is 479 g/mol. The summed E-state index contributed by atoms with van der Waals surface area (Å²) in [5.41, 5.74) is 3.25. The molecule has 0 aliphatic carbocycles. The number of nitrogens with zero attached hydrogens (tertiary/aromatic N) is 1. The van der Waals surface area contributed by atoms with Crippen LogP contribution >= 0.6 is 0 Å². The summed E-state index contributed by atoms with van der Waals surface area (Å²) in [7, 11) is -0.815. The molecule has 0 aromatic heterocycles. The number of aryl methyl sites for hydroxylation is 2. The van der Waals surface area contributed by atoms with Gasteiger partial charge in [-0.05, 0) is 60.7 Å². The molecule has 0 bridgehead atoms. The fourth-order valence-corrected chi connectivity index (χ4v) is 4.37. The molecule has 2 amide bonds. The Balaban J connectivity index is 1.51. The normalized spacial score (nSPS) is 11.3. The molecule has 0 spiro atoms. The number of nitrogens with one attached hydrogen (secondary N) is 2. The molecule has 8 heteroatoms. The Morgan fingerprint density at radius 2 is 1.50 bits per heavy atom. The Kier molecular flexibility index (Phi) is 8.56. The molecule has 7 nitrogen and oxygen atoms in total. The summed E-state index contributed by atoms with van der Waals surface area (Å²) >= 11 is 0. The van der Waals surface area contributed by atoms with Gasteiger partial charge in [0.15, 0.2) is 0 Å². The number of amides is 2. The molecule has 0 heterocycles. The van der Waals surface area contributed by atoms with Crippen molar-refractivity contribution in [2.45, 2.75) is 24.2 Å². The van der Waals surface area contributed by atoms with Crippen LogP contribution in [0.2, 0.25) is 0 Å². The lowest BCUT2D eigenvalue weighted by Gasteiger charge is -2.12. The maximum absolute atomic E-state index is 12.4. The standard InChI is InChI=1S/C26H29N3O4S/c1-29(2)34(32,33)24-16-8-14-22(18-24)26(31)27-19-25(30)28-23-15-7-13-21(17-23)12-6-11-20-9-4-3-5-10-20/h3-5,7-10,13-18H,6,11-12,19H2,1-2H3,(H,27,31)(H,28,30). The maximum Gasteiger partial charge on any atom is 0.251 e. The van der Waals surface area contributed by atoms with Gasteiger partial charge in [-0.25, -0.2) is 12.7 Å². The van der Waals surface area contributed by atoms with Crippen LogP contribution in [0.5, 0.6) is 0 Å². The zero-order valence-electron chi connectivity index (χ0n) is 19.3. The van der Waals surface area contributed by atoms with Crippen molar-refractivity contribution < 1.29 is 18.0 Å². The van der Waals surface area contributed by atoms with E-state index in [4.69, 9.17) is 0 Å². The minimum atomic E-state index is -3.66. The fourth-order valence-electron chi connectivity index (χ4n) is 3.42. The van der Waals surface area contributed by atoms with Gasteiger partial charge in [-0.3, -0.25) is 9.59 Å². The van der Waals surface area contributed by atoms with E-state index in [1.165, 1.54) is 43.9 Å². The van der Waals surface area contributed by atoms with Gasteiger partial charge in [-0.15, -0.1) is 0 Å². The maximum atomic E-state index is 12.4. The molecule has 0 saturated carbocycles. The van der Waals surface area contributed by atoms with Gasteiger partial charge in [0.05, 0.1) is 11.4 Å². The van der Waals surface area contributed by atoms with Gasteiger partial charge in [-0.1, -0.05) is 48.5 Å². The van der Waals surface area contributed by atoms with Crippen molar-refractivity contribution in [3.05, 3.63) is 95.6 Å². The van der Waals surface area contributed by atoms with Crippen molar-refractivity contribution in [2.24, 2.45) is 0 Å². The van der Waals surface area contributed by atoms with E-state index < -0.39 is 15.9 Å². The quantitative estimate of drug-likeness (QED) is 0.465. The minimum Gasteiger partial charge on any atom is -0.343 e. The average Bonchev–Trinajstić information content (AvgIpc) is 2.83. The molecule has 34 heavy (non-hydrogen) atoms. The SMILES string of the molecule is CN(C)S(=O)(=O)c1cccc(C(=O)NCC(=O)Nc2cccc(CCCc3ccccc3)c2)c1. The fraction of sp³-hybridized carbons (Fsp3) is 0.231. The van der Waals surface area contributed by atoms with Crippen molar-refractivity contribution in [3.63, 3.8) is 0 Å². The second-order valence-electron chi connectivity index (χ2n) is 8.09. The summed E-state index contributed by atoms with van der Waals surface area (Å²) in [5, 5.41) is 5.33. The summed E-state index contributed by atoms with van der Waals surface area (Å²) in [6.07, 6.45) is 2.88. The Labute approximate surface area is 200 Å². The highest BCUT2D eigenvalue weighted by molar-refractivity contribution is 7.89. The first kappa shape index (κ1) is 25.1. The van der Waals surface area contributed by atoms with E-state index in [0.29, 0.717) is 5.69 Å². The van der Waals surface area contributed by atoms with Crippen molar-refractivity contribution in [3.8, 4) is 0 Å². The minimum absolute atomic E-state index is 0.0127. The Hall–Kier alpha value is -3.49. The zero-order chi connectivity index (χ0) is 24.6. The predicted molar refractivity (Wildman–Crippen MR) is 133 cm³/mol. The van der Waals surface area contributed by atoms with Crippen LogP contribution in [-0.4, -0.2) is 45.2 Å². The van der Waals surface area contributed by atoms with Crippen LogP contribution < -0.4 is 10.6 Å². The van der Waals surface area contributed by atoms with Gasteiger partial charge in [0, 0.05) is 25.3 Å². The van der Waals surface area contributed by atoms with E-state index in [0.717, 1.165) is 29.1 Å². The van der Waals surface area contributed by atoms with Crippen LogP contribution in [0.3, 0.4) is 0 Å². The summed E-state index contributed by atoms with van der Waals surface area (Å²) < 4.78 is 25.6. The number of anilines is 1. The Morgan fingerprint density at radius 3 is 2.24 bits per heavy atom. The largest absolute Gasteiger partial charge is 0.343 e. The van der Waals surface area contributed by atoms with E-state index in [1.807, 2.05) is 36.4 Å². The molecule has 0 aliphatic heterocycles. The number of benzene rings is 3. The van der Waals surface area contributed by atoms with Gasteiger partial charge < -0.3 is 10.6 Å².